The first-order valence-electron chi connectivity index (χ1n) is 4.83. The Balaban J connectivity index is 2.46. The molecule has 78 valence electrons. The Morgan fingerprint density at radius 3 is 2.64 bits per heavy atom. The van der Waals surface area contributed by atoms with Crippen LogP contribution in [-0.2, 0) is 6.54 Å². The van der Waals surface area contributed by atoms with Gasteiger partial charge >= 0.3 is 0 Å². The maximum Gasteiger partial charge on any atom is 0.125 e. The smallest absolute Gasteiger partial charge is 0.125 e. The fourth-order valence-electron chi connectivity index (χ4n) is 1.01. The predicted octanol–water partition coefficient (Wildman–Crippen LogP) is 2.37. The summed E-state index contributed by atoms with van der Waals surface area (Å²) in [4.78, 5) is 7.38. The molecule has 0 aliphatic heterocycles. The van der Waals surface area contributed by atoms with Crippen LogP contribution in [0.2, 0.25) is 0 Å². The van der Waals surface area contributed by atoms with Gasteiger partial charge in [0, 0.05) is 23.0 Å². The lowest BCUT2D eigenvalue weighted by atomic mass is 9.93. The fourth-order valence-corrected chi connectivity index (χ4v) is 1.01. The number of aromatic nitrogens is 2. The second-order valence-corrected chi connectivity index (χ2v) is 4.60. The number of rotatable bonds is 3. The highest BCUT2D eigenvalue weighted by Crippen LogP contribution is 2.20. The summed E-state index contributed by atoms with van der Waals surface area (Å²) in [5, 5.41) is 3.26. The normalized spacial score (nSPS) is 11.4. The van der Waals surface area contributed by atoms with Crippen LogP contribution < -0.4 is 5.32 Å². The van der Waals surface area contributed by atoms with Crippen molar-refractivity contribution in [1.82, 2.24) is 15.3 Å². The Labute approximate surface area is 85.6 Å². The van der Waals surface area contributed by atoms with Crippen LogP contribution in [0.4, 0.5) is 0 Å². The maximum absolute atomic E-state index is 4.21. The molecule has 1 aromatic heterocycles. The number of hydrogen-bond acceptors (Lipinski definition) is 2. The summed E-state index contributed by atoms with van der Waals surface area (Å²) in [5.41, 5.74) is 2.22. The molecule has 3 nitrogen and oxygen atoms in total. The zero-order chi connectivity index (χ0) is 10.8. The van der Waals surface area contributed by atoms with Gasteiger partial charge in [0.15, 0.2) is 0 Å². The van der Waals surface area contributed by atoms with Crippen LogP contribution in [0.3, 0.4) is 0 Å². The summed E-state index contributed by atoms with van der Waals surface area (Å²) in [6.07, 6.45) is 1.83. The van der Waals surface area contributed by atoms with Crippen molar-refractivity contribution in [1.29, 1.82) is 0 Å². The van der Waals surface area contributed by atoms with Gasteiger partial charge in [-0.25, -0.2) is 4.98 Å². The van der Waals surface area contributed by atoms with Crippen LogP contribution in [0, 0.1) is 12.3 Å². The number of nitrogens with one attached hydrogen (secondary N) is 2. The van der Waals surface area contributed by atoms with Gasteiger partial charge in [-0.2, -0.15) is 0 Å². The molecule has 0 aliphatic rings. The van der Waals surface area contributed by atoms with Crippen LogP contribution in [0.1, 0.15) is 32.3 Å². The summed E-state index contributed by atoms with van der Waals surface area (Å²) >= 11 is 0. The third-order valence-electron chi connectivity index (χ3n) is 2.13. The van der Waals surface area contributed by atoms with Crippen molar-refractivity contribution in [3.63, 3.8) is 0 Å². The fraction of sp³-hybridized carbons (Fsp3) is 0.545. The maximum atomic E-state index is 4.21. The number of allylic oxidation sites excluding steroid dienone is 1. The topological polar surface area (TPSA) is 40.7 Å². The van der Waals surface area contributed by atoms with Gasteiger partial charge in [0.2, 0.25) is 0 Å². The molecule has 0 bridgehead atoms. The van der Waals surface area contributed by atoms with Gasteiger partial charge in [-0.3, -0.25) is 0 Å². The standard InChI is InChI=1S/C11H19N3/c1-8-6-13-10(14-8)7-12-9(2)11(3,4)5/h6,12H,2,7H2,1,3-5H3,(H,13,14). The van der Waals surface area contributed by atoms with E-state index in [2.05, 4.69) is 42.6 Å². The monoisotopic (exact) mass is 193 g/mol. The van der Waals surface area contributed by atoms with Gasteiger partial charge in [-0.15, -0.1) is 0 Å². The van der Waals surface area contributed by atoms with E-state index in [0.717, 1.165) is 17.2 Å². The van der Waals surface area contributed by atoms with Crippen LogP contribution in [-0.4, -0.2) is 9.97 Å². The molecule has 0 aliphatic carbocycles. The van der Waals surface area contributed by atoms with E-state index >= 15 is 0 Å². The SMILES string of the molecule is C=C(NCc1ncc(C)[nH]1)C(C)(C)C. The molecule has 0 saturated heterocycles. The van der Waals surface area contributed by atoms with E-state index in [1.807, 2.05) is 13.1 Å². The van der Waals surface area contributed by atoms with Crippen LogP contribution in [0.25, 0.3) is 0 Å². The Hall–Kier alpha value is -1.25. The minimum atomic E-state index is 0.0988. The van der Waals surface area contributed by atoms with Crippen LogP contribution in [0.5, 0.6) is 0 Å². The highest BCUT2D eigenvalue weighted by atomic mass is 15.0. The molecule has 3 heteroatoms. The third kappa shape index (κ3) is 2.91. The second kappa shape index (κ2) is 3.86. The molecule has 0 atom stereocenters. The Morgan fingerprint density at radius 1 is 1.57 bits per heavy atom. The minimum Gasteiger partial charge on any atom is -0.381 e. The highest BCUT2D eigenvalue weighted by molar-refractivity contribution is 5.05. The lowest BCUT2D eigenvalue weighted by molar-refractivity contribution is 0.459. The number of nitrogens with zero attached hydrogens (tertiary/aromatic N) is 1. The molecule has 0 aromatic carbocycles. The molecule has 1 heterocycles. The van der Waals surface area contributed by atoms with Crippen molar-refractivity contribution in [3.05, 3.63) is 30.0 Å². The molecule has 2 N–H and O–H groups in total. The summed E-state index contributed by atoms with van der Waals surface area (Å²) in [5.74, 6) is 0.952. The van der Waals surface area contributed by atoms with E-state index in [-0.39, 0.29) is 5.41 Å². The minimum absolute atomic E-state index is 0.0988. The first kappa shape index (κ1) is 10.8. The zero-order valence-electron chi connectivity index (χ0n) is 9.44. The predicted molar refractivity (Wildman–Crippen MR) is 58.8 cm³/mol. The summed E-state index contributed by atoms with van der Waals surface area (Å²) in [6, 6.07) is 0. The average molecular weight is 193 g/mol. The van der Waals surface area contributed by atoms with Crippen molar-refractivity contribution < 1.29 is 0 Å². The molecule has 0 amide bonds. The van der Waals surface area contributed by atoms with E-state index in [4.69, 9.17) is 0 Å². The lowest BCUT2D eigenvalue weighted by Gasteiger charge is -2.22. The molecule has 0 radical (unpaired) electrons. The number of aryl methyl sites for hydroxylation is 1. The van der Waals surface area contributed by atoms with E-state index in [9.17, 15) is 0 Å². The molecule has 0 fully saturated rings. The molecular formula is C11H19N3. The van der Waals surface area contributed by atoms with Gasteiger partial charge in [0.05, 0.1) is 6.54 Å². The summed E-state index contributed by atoms with van der Waals surface area (Å²) in [7, 11) is 0. The lowest BCUT2D eigenvalue weighted by Crippen LogP contribution is -2.23. The van der Waals surface area contributed by atoms with Crippen molar-refractivity contribution in [2.75, 3.05) is 0 Å². The quantitative estimate of drug-likeness (QED) is 0.773. The number of hydrogen-bond donors (Lipinski definition) is 2. The Morgan fingerprint density at radius 2 is 2.21 bits per heavy atom. The molecule has 0 saturated carbocycles. The van der Waals surface area contributed by atoms with E-state index in [1.165, 1.54) is 0 Å². The van der Waals surface area contributed by atoms with E-state index < -0.39 is 0 Å². The van der Waals surface area contributed by atoms with E-state index in [0.29, 0.717) is 6.54 Å². The molecule has 1 rings (SSSR count). The van der Waals surface area contributed by atoms with Crippen LogP contribution >= 0.6 is 0 Å². The molecule has 0 unspecified atom stereocenters. The van der Waals surface area contributed by atoms with Gasteiger partial charge in [0.1, 0.15) is 5.82 Å². The Kier molecular flexibility index (Phi) is 2.99. The molecule has 1 aromatic rings. The molecular weight excluding hydrogens is 174 g/mol. The van der Waals surface area contributed by atoms with Gasteiger partial charge in [-0.1, -0.05) is 27.4 Å². The van der Waals surface area contributed by atoms with Gasteiger partial charge < -0.3 is 10.3 Å². The average Bonchev–Trinajstić information content (AvgIpc) is 2.45. The van der Waals surface area contributed by atoms with Crippen molar-refractivity contribution in [2.45, 2.75) is 34.2 Å². The van der Waals surface area contributed by atoms with Crippen molar-refractivity contribution >= 4 is 0 Å². The van der Waals surface area contributed by atoms with E-state index in [1.54, 1.807) is 0 Å². The number of H-pyrrole nitrogens is 1. The van der Waals surface area contributed by atoms with Gasteiger partial charge in [0.25, 0.3) is 0 Å². The Bertz CT molecular complexity index is 318. The number of aromatic amines is 1. The number of imidazole rings is 1. The summed E-state index contributed by atoms with van der Waals surface area (Å²) < 4.78 is 0. The first-order chi connectivity index (χ1) is 6.39. The molecule has 0 spiro atoms. The zero-order valence-corrected chi connectivity index (χ0v) is 9.44. The van der Waals surface area contributed by atoms with Crippen molar-refractivity contribution in [3.8, 4) is 0 Å². The third-order valence-corrected chi connectivity index (χ3v) is 2.13. The second-order valence-electron chi connectivity index (χ2n) is 4.60. The van der Waals surface area contributed by atoms with Crippen molar-refractivity contribution in [2.24, 2.45) is 5.41 Å². The molecule has 14 heavy (non-hydrogen) atoms. The highest BCUT2D eigenvalue weighted by Gasteiger charge is 2.14. The largest absolute Gasteiger partial charge is 0.381 e. The summed E-state index contributed by atoms with van der Waals surface area (Å²) in [6.45, 7) is 13.1. The first-order valence-corrected chi connectivity index (χ1v) is 4.83. The van der Waals surface area contributed by atoms with Crippen LogP contribution in [0.15, 0.2) is 18.5 Å². The van der Waals surface area contributed by atoms with Gasteiger partial charge in [-0.05, 0) is 6.92 Å².